The molecule has 0 unspecified atom stereocenters. The Morgan fingerprint density at radius 2 is 1.20 bits per heavy atom. The van der Waals surface area contributed by atoms with Gasteiger partial charge in [0.15, 0.2) is 0 Å². The van der Waals surface area contributed by atoms with Gasteiger partial charge >= 0.3 is 0 Å². The first-order valence-corrected chi connectivity index (χ1v) is 17.8. The van der Waals surface area contributed by atoms with Gasteiger partial charge < -0.3 is 14.8 Å². The molecule has 0 bridgehead atoms. The van der Waals surface area contributed by atoms with Crippen molar-refractivity contribution in [2.45, 2.75) is 38.8 Å². The molecule has 2 aromatic carbocycles. The van der Waals surface area contributed by atoms with Crippen molar-refractivity contribution in [1.82, 2.24) is 25.1 Å². The van der Waals surface area contributed by atoms with E-state index in [0.717, 1.165) is 79.1 Å². The van der Waals surface area contributed by atoms with Gasteiger partial charge in [-0.2, -0.15) is 0 Å². The van der Waals surface area contributed by atoms with Crippen molar-refractivity contribution in [3.8, 4) is 45.4 Å². The number of pyridine rings is 2. The van der Waals surface area contributed by atoms with Gasteiger partial charge in [-0.1, -0.05) is 71.7 Å². The van der Waals surface area contributed by atoms with Crippen LogP contribution in [-0.2, 0) is 22.7 Å². The lowest BCUT2D eigenvalue weighted by Crippen LogP contribution is -2.56. The minimum atomic E-state index is 0.0623. The number of carbonyl (C=O) groups excluding carboxylic acids is 2. The molecular formula is C39H39Cl2N5O4. The molecule has 0 radical (unpaired) electrons. The van der Waals surface area contributed by atoms with Crippen LogP contribution >= 0.6 is 23.2 Å². The summed E-state index contributed by atoms with van der Waals surface area (Å²) in [7, 11) is 3.27. The van der Waals surface area contributed by atoms with Crippen LogP contribution in [0.1, 0.15) is 36.8 Å². The summed E-state index contributed by atoms with van der Waals surface area (Å²) in [5.74, 6) is 1.65. The maximum atomic E-state index is 11.9. The number of methoxy groups -OCH3 is 2. The molecule has 1 aliphatic carbocycles. The van der Waals surface area contributed by atoms with Crippen LogP contribution in [0, 0.1) is 10.8 Å². The summed E-state index contributed by atoms with van der Waals surface area (Å²) in [5.41, 5.74) is 6.74. The lowest BCUT2D eigenvalue weighted by molar-refractivity contribution is -0.121. The van der Waals surface area contributed by atoms with Crippen LogP contribution in [0.15, 0.2) is 60.7 Å². The monoisotopic (exact) mass is 711 g/mol. The molecule has 258 valence electrons. The van der Waals surface area contributed by atoms with Crippen LogP contribution in [0.25, 0.3) is 33.6 Å². The molecule has 3 saturated heterocycles. The van der Waals surface area contributed by atoms with Gasteiger partial charge in [-0.05, 0) is 18.6 Å². The van der Waals surface area contributed by atoms with Crippen molar-refractivity contribution >= 4 is 34.9 Å². The van der Waals surface area contributed by atoms with Gasteiger partial charge in [0.25, 0.3) is 0 Å². The zero-order valence-corrected chi connectivity index (χ0v) is 29.7. The third-order valence-electron chi connectivity index (χ3n) is 10.8. The summed E-state index contributed by atoms with van der Waals surface area (Å²) in [4.78, 5) is 38.0. The maximum absolute atomic E-state index is 11.9. The molecule has 0 atom stereocenters. The number of nitrogens with one attached hydrogen (secondary N) is 1. The van der Waals surface area contributed by atoms with Crippen molar-refractivity contribution in [2.24, 2.45) is 10.8 Å². The predicted molar refractivity (Wildman–Crippen MR) is 193 cm³/mol. The zero-order chi connectivity index (χ0) is 34.6. The second kappa shape index (κ2) is 12.9. The van der Waals surface area contributed by atoms with Gasteiger partial charge in [0.05, 0.1) is 35.7 Å². The van der Waals surface area contributed by atoms with Gasteiger partial charge in [-0.3, -0.25) is 19.4 Å². The summed E-state index contributed by atoms with van der Waals surface area (Å²) in [6.07, 6.45) is 3.02. The Labute approximate surface area is 301 Å². The van der Waals surface area contributed by atoms with E-state index < -0.39 is 0 Å². The molecule has 1 saturated carbocycles. The largest absolute Gasteiger partial charge is 0.481 e. The number of hydrogen-bond acceptors (Lipinski definition) is 8. The minimum absolute atomic E-state index is 0.0623. The lowest BCUT2D eigenvalue weighted by atomic mass is 9.78. The Balaban J connectivity index is 1.01. The third-order valence-corrected chi connectivity index (χ3v) is 11.6. The summed E-state index contributed by atoms with van der Waals surface area (Å²) < 4.78 is 11.5. The number of likely N-dealkylation sites (tertiary alicyclic amines) is 2. The number of halogens is 2. The highest BCUT2D eigenvalue weighted by Crippen LogP contribution is 2.46. The van der Waals surface area contributed by atoms with Gasteiger partial charge in [0, 0.05) is 109 Å². The van der Waals surface area contributed by atoms with E-state index >= 15 is 0 Å². The zero-order valence-electron chi connectivity index (χ0n) is 28.2. The number of hydrogen-bond donors (Lipinski definition) is 1. The first-order valence-electron chi connectivity index (χ1n) is 17.1. The molecule has 4 aliphatic rings. The summed E-state index contributed by atoms with van der Waals surface area (Å²) >= 11 is 14.3. The fourth-order valence-corrected chi connectivity index (χ4v) is 9.11. The van der Waals surface area contributed by atoms with Crippen molar-refractivity contribution in [3.05, 3.63) is 81.8 Å². The molecule has 4 fully saturated rings. The number of carbonyl (C=O) groups is 2. The normalized spacial score (nSPS) is 19.4. The molecule has 5 heterocycles. The van der Waals surface area contributed by atoms with E-state index in [9.17, 15) is 9.59 Å². The third kappa shape index (κ3) is 6.04. The minimum Gasteiger partial charge on any atom is -0.481 e. The van der Waals surface area contributed by atoms with E-state index in [0.29, 0.717) is 64.8 Å². The number of rotatable bonds is 9. The van der Waals surface area contributed by atoms with Gasteiger partial charge in [-0.15, -0.1) is 0 Å². The maximum Gasteiger partial charge on any atom is 0.220 e. The first kappa shape index (κ1) is 33.1. The molecule has 2 spiro atoms. The standard InChI is InChI=1S/C39H39Cl2N5O4/c1-49-36-24(17-45-20-38(21-45)14-13-26(47)15-38)9-11-31(43-36)29-7-3-5-27(34(29)40)28-6-4-8-30(35(28)41)32-12-10-25(37(44-32)50-2)18-46-22-39(23-46)16-33(48)42-19-39/h3-12H,13-23H2,1-2H3,(H,42,48). The number of benzene rings is 2. The van der Waals surface area contributed by atoms with Gasteiger partial charge in [0.1, 0.15) is 5.78 Å². The molecule has 3 aliphatic heterocycles. The van der Waals surface area contributed by atoms with Crippen molar-refractivity contribution < 1.29 is 19.1 Å². The Morgan fingerprint density at radius 1 is 0.700 bits per heavy atom. The van der Waals surface area contributed by atoms with Crippen LogP contribution in [0.4, 0.5) is 0 Å². The highest BCUT2D eigenvalue weighted by atomic mass is 35.5. The summed E-state index contributed by atoms with van der Waals surface area (Å²) in [6.45, 7) is 5.79. The highest BCUT2D eigenvalue weighted by molar-refractivity contribution is 6.39. The van der Waals surface area contributed by atoms with E-state index in [1.807, 2.05) is 54.6 Å². The number of amides is 1. The quantitative estimate of drug-likeness (QED) is 0.206. The summed E-state index contributed by atoms with van der Waals surface area (Å²) in [5, 5.41) is 4.04. The molecule has 11 heteroatoms. The van der Waals surface area contributed by atoms with E-state index in [4.69, 9.17) is 42.6 Å². The molecule has 4 aromatic rings. The van der Waals surface area contributed by atoms with Crippen LogP contribution < -0.4 is 14.8 Å². The Kier molecular flexibility index (Phi) is 8.58. The molecule has 1 N–H and O–H groups in total. The molecule has 9 nitrogen and oxygen atoms in total. The SMILES string of the molecule is COc1nc(-c2cccc(-c3cccc(-c4ccc(CN5CC6(CNC(=O)C6)C5)c(OC)n4)c3Cl)c2Cl)ccc1CN1CC2(CCC(=O)C2)C1. The van der Waals surface area contributed by atoms with Crippen LogP contribution in [0.3, 0.4) is 0 Å². The molecule has 1 amide bonds. The van der Waals surface area contributed by atoms with Crippen LogP contribution in [0.2, 0.25) is 10.0 Å². The molecule has 8 rings (SSSR count). The molecule has 2 aromatic heterocycles. The number of nitrogens with zero attached hydrogens (tertiary/aromatic N) is 4. The van der Waals surface area contributed by atoms with E-state index in [1.54, 1.807) is 14.2 Å². The second-order valence-electron chi connectivity index (χ2n) is 14.5. The Morgan fingerprint density at radius 3 is 1.64 bits per heavy atom. The number of aromatic nitrogens is 2. The fourth-order valence-electron chi connectivity index (χ4n) is 8.46. The van der Waals surface area contributed by atoms with Gasteiger partial charge in [0.2, 0.25) is 17.7 Å². The first-order chi connectivity index (χ1) is 24.2. The Hall–Kier alpha value is -4.02. The van der Waals surface area contributed by atoms with Crippen LogP contribution in [0.5, 0.6) is 11.8 Å². The summed E-state index contributed by atoms with van der Waals surface area (Å²) in [6, 6.07) is 19.8. The molecule has 50 heavy (non-hydrogen) atoms. The number of Topliss-reactive ketones (excluding diaryl/α,β-unsaturated/α-hetero) is 1. The lowest BCUT2D eigenvalue weighted by Gasteiger charge is -2.48. The second-order valence-corrected chi connectivity index (χ2v) is 15.3. The highest BCUT2D eigenvalue weighted by Gasteiger charge is 2.48. The Bertz CT molecular complexity index is 1860. The van der Waals surface area contributed by atoms with Crippen LogP contribution in [-0.4, -0.2) is 78.4 Å². The van der Waals surface area contributed by atoms with Crippen molar-refractivity contribution in [2.75, 3.05) is 46.9 Å². The van der Waals surface area contributed by atoms with E-state index in [-0.39, 0.29) is 16.7 Å². The number of ether oxygens (including phenoxy) is 2. The molecular weight excluding hydrogens is 673 g/mol. The average molecular weight is 713 g/mol. The van der Waals surface area contributed by atoms with Gasteiger partial charge in [-0.25, -0.2) is 9.97 Å². The van der Waals surface area contributed by atoms with E-state index in [2.05, 4.69) is 21.2 Å². The smallest absolute Gasteiger partial charge is 0.220 e. The van der Waals surface area contributed by atoms with E-state index in [1.165, 1.54) is 0 Å². The topological polar surface area (TPSA) is 96.9 Å². The average Bonchev–Trinajstić information content (AvgIpc) is 3.68. The fraction of sp³-hybridized carbons (Fsp3) is 0.385. The van der Waals surface area contributed by atoms with Crippen molar-refractivity contribution in [3.63, 3.8) is 0 Å². The van der Waals surface area contributed by atoms with Crippen molar-refractivity contribution in [1.29, 1.82) is 0 Å². The predicted octanol–water partition coefficient (Wildman–Crippen LogP) is 6.68. The number of ketones is 1.